The molecule has 3 rings (SSSR count). The molecule has 2 amide bonds. The van der Waals surface area contributed by atoms with E-state index in [1.54, 1.807) is 31.4 Å². The number of nitrogens with zero attached hydrogens (tertiary/aromatic N) is 2. The minimum absolute atomic E-state index is 0.400. The Kier molecular flexibility index (Phi) is 3.52. The second kappa shape index (κ2) is 5.39. The summed E-state index contributed by atoms with van der Waals surface area (Å²) in [5.74, 6) is -0.182. The molecule has 0 saturated carbocycles. The van der Waals surface area contributed by atoms with E-state index in [9.17, 15) is 9.59 Å². The normalized spacial score (nSPS) is 19.8. The molecule has 0 bridgehead atoms. The molecule has 1 atom stereocenters. The first kappa shape index (κ1) is 15.0. The van der Waals surface area contributed by atoms with Crippen LogP contribution in [0.3, 0.4) is 0 Å². The molecule has 1 aromatic heterocycles. The number of fused-ring (bicyclic) bond motifs is 1. The minimum atomic E-state index is -1.64. The average molecular weight is 311 g/mol. The van der Waals surface area contributed by atoms with Crippen LogP contribution < -0.4 is 15.0 Å². The molecule has 0 fully saturated rings. The van der Waals surface area contributed by atoms with Crippen molar-refractivity contribution in [1.29, 1.82) is 0 Å². The molecule has 6 heteroatoms. The third-order valence-corrected chi connectivity index (χ3v) is 3.80. The molecule has 1 N–H and O–H groups in total. The number of ether oxygens (including phenoxy) is 1. The van der Waals surface area contributed by atoms with Crippen LogP contribution in [0.2, 0.25) is 0 Å². The minimum Gasteiger partial charge on any atom is -0.464 e. The Bertz CT molecular complexity index is 790. The highest BCUT2D eigenvalue weighted by molar-refractivity contribution is 6.19. The lowest BCUT2D eigenvalue weighted by Gasteiger charge is -2.36. The summed E-state index contributed by atoms with van der Waals surface area (Å²) in [4.78, 5) is 30.7. The number of aryl methyl sites for hydroxylation is 1. The lowest BCUT2D eigenvalue weighted by Crippen LogP contribution is -2.60. The van der Waals surface area contributed by atoms with Crippen LogP contribution in [0.4, 0.5) is 11.5 Å². The van der Waals surface area contributed by atoms with Crippen LogP contribution in [0.1, 0.15) is 12.5 Å². The fourth-order valence-corrected chi connectivity index (χ4v) is 2.51. The molecule has 1 aromatic carbocycles. The van der Waals surface area contributed by atoms with Crippen molar-refractivity contribution in [3.8, 4) is 5.75 Å². The van der Waals surface area contributed by atoms with Crippen molar-refractivity contribution < 1.29 is 14.3 Å². The SMILES string of the molecule is Cc1cccc(NC(=O)[C@]2(C)Oc3cccnc3N(C)C2=O)c1. The van der Waals surface area contributed by atoms with Gasteiger partial charge in [-0.3, -0.25) is 14.5 Å². The van der Waals surface area contributed by atoms with Crippen LogP contribution in [0.15, 0.2) is 42.6 Å². The van der Waals surface area contributed by atoms with E-state index in [1.807, 2.05) is 25.1 Å². The summed E-state index contributed by atoms with van der Waals surface area (Å²) in [6, 6.07) is 10.7. The van der Waals surface area contributed by atoms with Gasteiger partial charge in [0, 0.05) is 18.9 Å². The lowest BCUT2D eigenvalue weighted by molar-refractivity contribution is -0.145. The molecule has 2 heterocycles. The van der Waals surface area contributed by atoms with Crippen LogP contribution in [0.25, 0.3) is 0 Å². The zero-order chi connectivity index (χ0) is 16.6. The first-order valence-electron chi connectivity index (χ1n) is 7.22. The fraction of sp³-hybridized carbons (Fsp3) is 0.235. The molecule has 2 aromatic rings. The predicted molar refractivity (Wildman–Crippen MR) is 86.5 cm³/mol. The summed E-state index contributed by atoms with van der Waals surface area (Å²) >= 11 is 0. The smallest absolute Gasteiger partial charge is 0.281 e. The summed E-state index contributed by atoms with van der Waals surface area (Å²) in [5, 5.41) is 2.74. The molecule has 0 aliphatic carbocycles. The number of aromatic nitrogens is 1. The van der Waals surface area contributed by atoms with Crippen molar-refractivity contribution >= 4 is 23.3 Å². The lowest BCUT2D eigenvalue weighted by atomic mass is 10.0. The van der Waals surface area contributed by atoms with E-state index in [4.69, 9.17) is 4.74 Å². The Balaban J connectivity index is 1.92. The van der Waals surface area contributed by atoms with E-state index in [2.05, 4.69) is 10.3 Å². The summed E-state index contributed by atoms with van der Waals surface area (Å²) < 4.78 is 5.70. The average Bonchev–Trinajstić information content (AvgIpc) is 2.53. The number of carbonyl (C=O) groups is 2. The molecule has 1 aliphatic rings. The largest absolute Gasteiger partial charge is 0.464 e. The molecule has 118 valence electrons. The van der Waals surface area contributed by atoms with Crippen molar-refractivity contribution in [3.63, 3.8) is 0 Å². The monoisotopic (exact) mass is 311 g/mol. The van der Waals surface area contributed by atoms with Crippen molar-refractivity contribution in [1.82, 2.24) is 4.98 Å². The predicted octanol–water partition coefficient (Wildman–Crippen LogP) is 2.14. The van der Waals surface area contributed by atoms with Gasteiger partial charge in [0.05, 0.1) is 0 Å². The fourth-order valence-electron chi connectivity index (χ4n) is 2.51. The van der Waals surface area contributed by atoms with Gasteiger partial charge >= 0.3 is 0 Å². The third kappa shape index (κ3) is 2.52. The van der Waals surface area contributed by atoms with Crippen LogP contribution in [-0.2, 0) is 9.59 Å². The Labute approximate surface area is 134 Å². The van der Waals surface area contributed by atoms with Crippen LogP contribution in [0.5, 0.6) is 5.75 Å². The maximum absolute atomic E-state index is 12.7. The van der Waals surface area contributed by atoms with Gasteiger partial charge in [-0.05, 0) is 43.7 Å². The van der Waals surface area contributed by atoms with Gasteiger partial charge in [0.15, 0.2) is 11.6 Å². The molecule has 1 aliphatic heterocycles. The van der Waals surface area contributed by atoms with Crippen molar-refractivity contribution in [2.45, 2.75) is 19.4 Å². The highest BCUT2D eigenvalue weighted by Crippen LogP contribution is 2.35. The molecule has 0 radical (unpaired) electrons. The van der Waals surface area contributed by atoms with Crippen molar-refractivity contribution in [3.05, 3.63) is 48.2 Å². The molecule has 0 spiro atoms. The van der Waals surface area contributed by atoms with Gasteiger partial charge in [-0.25, -0.2) is 4.98 Å². The number of likely N-dealkylation sites (N-methyl/N-ethyl adjacent to an activating group) is 1. The first-order valence-corrected chi connectivity index (χ1v) is 7.22. The van der Waals surface area contributed by atoms with Gasteiger partial charge < -0.3 is 10.1 Å². The van der Waals surface area contributed by atoms with E-state index < -0.39 is 17.4 Å². The van der Waals surface area contributed by atoms with Crippen molar-refractivity contribution in [2.24, 2.45) is 0 Å². The number of anilines is 2. The second-order valence-corrected chi connectivity index (χ2v) is 5.65. The molecular weight excluding hydrogens is 294 g/mol. The van der Waals surface area contributed by atoms with Gasteiger partial charge in [0.2, 0.25) is 0 Å². The number of benzene rings is 1. The Hall–Kier alpha value is -2.89. The molecule has 0 saturated heterocycles. The first-order chi connectivity index (χ1) is 10.9. The molecule has 6 nitrogen and oxygen atoms in total. The standard InChI is InChI=1S/C17H17N3O3/c1-11-6-4-7-12(10-11)19-15(21)17(2)16(22)20(3)14-13(23-17)8-5-9-18-14/h4-10H,1-3H3,(H,19,21)/t17-/m0/s1. The number of amides is 2. The summed E-state index contributed by atoms with van der Waals surface area (Å²) in [7, 11) is 1.58. The summed E-state index contributed by atoms with van der Waals surface area (Å²) in [5.41, 5.74) is -0.0168. The second-order valence-electron chi connectivity index (χ2n) is 5.65. The maximum atomic E-state index is 12.7. The van der Waals surface area contributed by atoms with E-state index in [-0.39, 0.29) is 0 Å². The van der Waals surface area contributed by atoms with Gasteiger partial charge in [-0.15, -0.1) is 0 Å². The van der Waals surface area contributed by atoms with E-state index in [0.717, 1.165) is 5.56 Å². The topological polar surface area (TPSA) is 71.5 Å². The van der Waals surface area contributed by atoms with Crippen LogP contribution in [0, 0.1) is 6.92 Å². The number of rotatable bonds is 2. The Morgan fingerprint density at radius 3 is 2.83 bits per heavy atom. The highest BCUT2D eigenvalue weighted by atomic mass is 16.5. The third-order valence-electron chi connectivity index (χ3n) is 3.80. The van der Waals surface area contributed by atoms with Gasteiger partial charge in [0.25, 0.3) is 17.4 Å². The van der Waals surface area contributed by atoms with E-state index >= 15 is 0 Å². The van der Waals surface area contributed by atoms with Gasteiger partial charge in [0.1, 0.15) is 0 Å². The summed E-state index contributed by atoms with van der Waals surface area (Å²) in [6.45, 7) is 3.39. The number of hydrogen-bond donors (Lipinski definition) is 1. The number of nitrogens with one attached hydrogen (secondary N) is 1. The highest BCUT2D eigenvalue weighted by Gasteiger charge is 2.50. The van der Waals surface area contributed by atoms with Crippen LogP contribution >= 0.6 is 0 Å². The van der Waals surface area contributed by atoms with Gasteiger partial charge in [-0.2, -0.15) is 0 Å². The molecule has 23 heavy (non-hydrogen) atoms. The number of pyridine rings is 1. The van der Waals surface area contributed by atoms with Gasteiger partial charge in [-0.1, -0.05) is 12.1 Å². The maximum Gasteiger partial charge on any atom is 0.281 e. The number of carbonyl (C=O) groups excluding carboxylic acids is 2. The number of hydrogen-bond acceptors (Lipinski definition) is 4. The molecule has 0 unspecified atom stereocenters. The van der Waals surface area contributed by atoms with Crippen molar-refractivity contribution in [2.75, 3.05) is 17.3 Å². The van der Waals surface area contributed by atoms with E-state index in [1.165, 1.54) is 11.8 Å². The van der Waals surface area contributed by atoms with Crippen LogP contribution in [-0.4, -0.2) is 29.4 Å². The Morgan fingerprint density at radius 2 is 2.09 bits per heavy atom. The molecular formula is C17H17N3O3. The quantitative estimate of drug-likeness (QED) is 0.863. The van der Waals surface area contributed by atoms with E-state index in [0.29, 0.717) is 17.3 Å². The zero-order valence-electron chi connectivity index (χ0n) is 13.2. The zero-order valence-corrected chi connectivity index (χ0v) is 13.2. The summed E-state index contributed by atoms with van der Waals surface area (Å²) in [6.07, 6.45) is 1.57. The Morgan fingerprint density at radius 1 is 1.30 bits per heavy atom.